The Labute approximate surface area is 158 Å². The van der Waals surface area contributed by atoms with Crippen LogP contribution >= 0.6 is 11.3 Å². The van der Waals surface area contributed by atoms with E-state index in [9.17, 15) is 14.4 Å². The lowest BCUT2D eigenvalue weighted by molar-refractivity contribution is -0.116. The molecule has 0 spiro atoms. The lowest BCUT2D eigenvalue weighted by atomic mass is 9.95. The van der Waals surface area contributed by atoms with Crippen LogP contribution in [0.15, 0.2) is 29.2 Å². The molecule has 1 N–H and O–H groups in total. The van der Waals surface area contributed by atoms with E-state index >= 15 is 0 Å². The molecule has 3 aromatic heterocycles. The number of fused-ring (bicyclic) bond motifs is 2. The predicted molar refractivity (Wildman–Crippen MR) is 100 cm³/mol. The average molecular weight is 386 g/mol. The number of nitrogens with zero attached hydrogens (tertiary/aromatic N) is 3. The number of aryl methyl sites for hydroxylation is 1. The minimum absolute atomic E-state index is 0.232. The van der Waals surface area contributed by atoms with E-state index in [1.807, 2.05) is 0 Å². The topological polar surface area (TPSA) is 94.7 Å². The maximum atomic E-state index is 12.5. The Bertz CT molecular complexity index is 1090. The first kappa shape index (κ1) is 17.5. The first-order chi connectivity index (χ1) is 13.1. The highest BCUT2D eigenvalue weighted by molar-refractivity contribution is 7.17. The van der Waals surface area contributed by atoms with Gasteiger partial charge >= 0.3 is 11.7 Å². The van der Waals surface area contributed by atoms with Crippen LogP contribution in [0.25, 0.3) is 5.65 Å². The molecule has 0 bridgehead atoms. The monoisotopic (exact) mass is 386 g/mol. The zero-order valence-electron chi connectivity index (χ0n) is 14.7. The molecule has 1 amide bonds. The van der Waals surface area contributed by atoms with Gasteiger partial charge in [-0.3, -0.25) is 9.20 Å². The maximum Gasteiger partial charge on any atom is 0.350 e. The van der Waals surface area contributed by atoms with Crippen LogP contribution in [0.5, 0.6) is 0 Å². The van der Waals surface area contributed by atoms with E-state index in [0.29, 0.717) is 16.2 Å². The lowest BCUT2D eigenvalue weighted by Crippen LogP contribution is -2.28. The standard InChI is InChI=1S/C18H18N4O4S/c1-26-17(24)15-11-6-2-3-7-12(11)27-16(15)19-14(23)10-22-18(25)21-9-5-4-8-13(21)20-22/h4-5,8-9H,2-3,6-7,10H2,1H3,(H,19,23). The summed E-state index contributed by atoms with van der Waals surface area (Å²) in [5, 5.41) is 7.41. The van der Waals surface area contributed by atoms with Crippen molar-refractivity contribution in [2.75, 3.05) is 12.4 Å². The van der Waals surface area contributed by atoms with Gasteiger partial charge in [-0.15, -0.1) is 16.4 Å². The van der Waals surface area contributed by atoms with Crippen molar-refractivity contribution < 1.29 is 14.3 Å². The molecule has 0 atom stereocenters. The van der Waals surface area contributed by atoms with Gasteiger partial charge in [0.15, 0.2) is 5.65 Å². The van der Waals surface area contributed by atoms with Gasteiger partial charge in [0.2, 0.25) is 5.91 Å². The first-order valence-electron chi connectivity index (χ1n) is 8.65. The Morgan fingerprint density at radius 1 is 1.30 bits per heavy atom. The fraction of sp³-hybridized carbons (Fsp3) is 0.333. The lowest BCUT2D eigenvalue weighted by Gasteiger charge is -2.11. The molecule has 8 nitrogen and oxygen atoms in total. The minimum Gasteiger partial charge on any atom is -0.465 e. The number of rotatable bonds is 4. The third-order valence-electron chi connectivity index (χ3n) is 4.60. The second-order valence-electron chi connectivity index (χ2n) is 6.32. The largest absolute Gasteiger partial charge is 0.465 e. The van der Waals surface area contributed by atoms with Crippen molar-refractivity contribution >= 4 is 33.9 Å². The van der Waals surface area contributed by atoms with E-state index in [0.717, 1.165) is 40.8 Å². The second-order valence-corrected chi connectivity index (χ2v) is 7.43. The summed E-state index contributed by atoms with van der Waals surface area (Å²) in [6.07, 6.45) is 5.38. The van der Waals surface area contributed by atoms with Crippen molar-refractivity contribution in [1.82, 2.24) is 14.2 Å². The van der Waals surface area contributed by atoms with Crippen molar-refractivity contribution in [3.05, 3.63) is 50.9 Å². The number of carbonyl (C=O) groups is 2. The molecular weight excluding hydrogens is 368 g/mol. The molecule has 9 heteroatoms. The molecule has 3 heterocycles. The van der Waals surface area contributed by atoms with Gasteiger partial charge in [0.05, 0.1) is 12.7 Å². The van der Waals surface area contributed by atoms with Crippen LogP contribution in [0.3, 0.4) is 0 Å². The number of aromatic nitrogens is 3. The number of anilines is 1. The molecule has 0 aromatic carbocycles. The molecule has 0 radical (unpaired) electrons. The van der Waals surface area contributed by atoms with Crippen LogP contribution in [-0.2, 0) is 28.9 Å². The van der Waals surface area contributed by atoms with E-state index in [2.05, 4.69) is 10.4 Å². The van der Waals surface area contributed by atoms with Crippen LogP contribution in [0.4, 0.5) is 5.00 Å². The summed E-state index contributed by atoms with van der Waals surface area (Å²) in [5.74, 6) is -0.862. The fourth-order valence-electron chi connectivity index (χ4n) is 3.35. The highest BCUT2D eigenvalue weighted by Gasteiger charge is 2.27. The van der Waals surface area contributed by atoms with E-state index in [4.69, 9.17) is 4.74 Å². The molecule has 0 saturated carbocycles. The summed E-state index contributed by atoms with van der Waals surface area (Å²) >= 11 is 1.41. The number of thiophene rings is 1. The molecule has 1 aliphatic carbocycles. The molecular formula is C18H18N4O4S. The number of amides is 1. The number of esters is 1. The summed E-state index contributed by atoms with van der Waals surface area (Å²) in [5.41, 5.74) is 1.49. The molecule has 1 aliphatic rings. The van der Waals surface area contributed by atoms with Gasteiger partial charge in [-0.2, -0.15) is 0 Å². The molecule has 27 heavy (non-hydrogen) atoms. The van der Waals surface area contributed by atoms with Gasteiger partial charge in [-0.05, 0) is 43.4 Å². The number of hydrogen-bond donors (Lipinski definition) is 1. The van der Waals surface area contributed by atoms with Gasteiger partial charge in [0, 0.05) is 11.1 Å². The number of ether oxygens (including phenoxy) is 1. The molecule has 0 fully saturated rings. The van der Waals surface area contributed by atoms with Crippen LogP contribution in [-0.4, -0.2) is 33.2 Å². The molecule has 0 saturated heterocycles. The van der Waals surface area contributed by atoms with Crippen LogP contribution in [0.2, 0.25) is 0 Å². The summed E-state index contributed by atoms with van der Waals surface area (Å²) in [4.78, 5) is 38.2. The van der Waals surface area contributed by atoms with Crippen molar-refractivity contribution in [3.63, 3.8) is 0 Å². The Hall–Kier alpha value is -2.94. The quantitative estimate of drug-likeness (QED) is 0.691. The van der Waals surface area contributed by atoms with Gasteiger partial charge in [-0.25, -0.2) is 14.3 Å². The SMILES string of the molecule is COC(=O)c1c(NC(=O)Cn2nc3ccccn3c2=O)sc2c1CCCC2. The Morgan fingerprint density at radius 3 is 2.89 bits per heavy atom. The summed E-state index contributed by atoms with van der Waals surface area (Å²) in [6.45, 7) is -0.232. The highest BCUT2D eigenvalue weighted by atomic mass is 32.1. The molecule has 3 aromatic rings. The van der Waals surface area contributed by atoms with Crippen LogP contribution in [0.1, 0.15) is 33.6 Å². The molecule has 0 unspecified atom stereocenters. The Kier molecular flexibility index (Phi) is 4.53. The van der Waals surface area contributed by atoms with E-state index in [1.54, 1.807) is 24.4 Å². The number of carbonyl (C=O) groups excluding carboxylic acids is 2. The van der Waals surface area contributed by atoms with Gasteiger partial charge in [0.25, 0.3) is 0 Å². The molecule has 4 rings (SSSR count). The second kappa shape index (κ2) is 6.99. The van der Waals surface area contributed by atoms with Gasteiger partial charge < -0.3 is 10.1 Å². The Balaban J connectivity index is 1.61. The van der Waals surface area contributed by atoms with Gasteiger partial charge in [0.1, 0.15) is 11.5 Å². The minimum atomic E-state index is -0.449. The van der Waals surface area contributed by atoms with Crippen LogP contribution < -0.4 is 11.0 Å². The third-order valence-corrected chi connectivity index (χ3v) is 5.80. The zero-order valence-corrected chi connectivity index (χ0v) is 15.5. The van der Waals surface area contributed by atoms with E-state index < -0.39 is 11.9 Å². The third kappa shape index (κ3) is 3.14. The Morgan fingerprint density at radius 2 is 2.11 bits per heavy atom. The van der Waals surface area contributed by atoms with Gasteiger partial charge in [-0.1, -0.05) is 6.07 Å². The first-order valence-corrected chi connectivity index (χ1v) is 9.47. The van der Waals surface area contributed by atoms with E-state index in [1.165, 1.54) is 22.8 Å². The summed E-state index contributed by atoms with van der Waals surface area (Å²) < 4.78 is 7.38. The van der Waals surface area contributed by atoms with E-state index in [-0.39, 0.29) is 12.2 Å². The maximum absolute atomic E-state index is 12.5. The smallest absolute Gasteiger partial charge is 0.350 e. The number of nitrogens with one attached hydrogen (secondary N) is 1. The summed E-state index contributed by atoms with van der Waals surface area (Å²) in [7, 11) is 1.33. The molecule has 140 valence electrons. The van der Waals surface area contributed by atoms with Crippen LogP contribution in [0, 0.1) is 0 Å². The predicted octanol–water partition coefficient (Wildman–Crippen LogP) is 1.86. The number of pyridine rings is 1. The van der Waals surface area contributed by atoms with Crippen molar-refractivity contribution in [2.24, 2.45) is 0 Å². The van der Waals surface area contributed by atoms with Crippen molar-refractivity contribution in [3.8, 4) is 0 Å². The highest BCUT2D eigenvalue weighted by Crippen LogP contribution is 2.38. The normalized spacial score (nSPS) is 13.4. The zero-order chi connectivity index (χ0) is 19.0. The van der Waals surface area contributed by atoms with Crippen molar-refractivity contribution in [2.45, 2.75) is 32.2 Å². The molecule has 0 aliphatic heterocycles. The number of hydrogen-bond acceptors (Lipinski definition) is 6. The average Bonchev–Trinajstić information content (AvgIpc) is 3.19. The van der Waals surface area contributed by atoms with Crippen molar-refractivity contribution in [1.29, 1.82) is 0 Å². The summed E-state index contributed by atoms with van der Waals surface area (Å²) in [6, 6.07) is 5.18. The number of methoxy groups -OCH3 is 1. The fourth-order valence-corrected chi connectivity index (χ4v) is 4.64.